The standard InChI is InChI=1S/C14H12F2N2O2S/c1-6-7(2)17-14(18-8(6)3)21-12-10(15)4-9(13(19)20)5-11(12)16/h4-5H,1-3H3,(H,19,20). The van der Waals surface area contributed by atoms with Crippen molar-refractivity contribution >= 4 is 17.7 Å². The Hall–Kier alpha value is -2.02. The molecule has 0 spiro atoms. The minimum atomic E-state index is -1.39. The predicted molar refractivity (Wildman–Crippen MR) is 73.7 cm³/mol. The number of aromatic nitrogens is 2. The first-order valence-corrected chi connectivity index (χ1v) is 6.83. The van der Waals surface area contributed by atoms with Crippen molar-refractivity contribution in [1.29, 1.82) is 0 Å². The van der Waals surface area contributed by atoms with Gasteiger partial charge in [0.2, 0.25) is 0 Å². The summed E-state index contributed by atoms with van der Waals surface area (Å²) in [6.45, 7) is 5.44. The molecule has 2 aromatic rings. The summed E-state index contributed by atoms with van der Waals surface area (Å²) in [6.07, 6.45) is 0. The molecular formula is C14H12F2N2O2S. The third kappa shape index (κ3) is 3.18. The third-order valence-electron chi connectivity index (χ3n) is 3.05. The minimum Gasteiger partial charge on any atom is -0.478 e. The Morgan fingerprint density at radius 3 is 2.00 bits per heavy atom. The fraction of sp³-hybridized carbons (Fsp3) is 0.214. The number of nitrogens with zero attached hydrogens (tertiary/aromatic N) is 2. The summed E-state index contributed by atoms with van der Waals surface area (Å²) in [4.78, 5) is 18.8. The van der Waals surface area contributed by atoms with Crippen LogP contribution in [-0.2, 0) is 0 Å². The number of halogens is 2. The van der Waals surface area contributed by atoms with Gasteiger partial charge in [-0.3, -0.25) is 0 Å². The molecule has 2 rings (SSSR count). The molecule has 0 atom stereocenters. The summed E-state index contributed by atoms with van der Waals surface area (Å²) in [5.74, 6) is -3.28. The maximum Gasteiger partial charge on any atom is 0.335 e. The first-order chi connectivity index (χ1) is 9.79. The molecule has 1 aromatic heterocycles. The Labute approximate surface area is 124 Å². The highest BCUT2D eigenvalue weighted by atomic mass is 32.2. The maximum atomic E-state index is 13.9. The summed E-state index contributed by atoms with van der Waals surface area (Å²) in [5, 5.41) is 8.97. The topological polar surface area (TPSA) is 63.1 Å². The highest BCUT2D eigenvalue weighted by molar-refractivity contribution is 7.99. The normalized spacial score (nSPS) is 10.7. The van der Waals surface area contributed by atoms with E-state index in [2.05, 4.69) is 9.97 Å². The van der Waals surface area contributed by atoms with E-state index in [1.165, 1.54) is 0 Å². The molecule has 0 aliphatic carbocycles. The first kappa shape index (κ1) is 15.4. The molecule has 7 heteroatoms. The van der Waals surface area contributed by atoms with E-state index in [0.717, 1.165) is 40.8 Å². The van der Waals surface area contributed by atoms with Gasteiger partial charge in [-0.15, -0.1) is 0 Å². The van der Waals surface area contributed by atoms with Crippen LogP contribution in [0.5, 0.6) is 0 Å². The van der Waals surface area contributed by atoms with Crippen molar-refractivity contribution in [1.82, 2.24) is 9.97 Å². The summed E-state index contributed by atoms with van der Waals surface area (Å²) in [6, 6.07) is 1.56. The zero-order chi connectivity index (χ0) is 15.7. The number of carboxylic acid groups (broad SMARTS) is 1. The minimum absolute atomic E-state index is 0.219. The van der Waals surface area contributed by atoms with Gasteiger partial charge in [-0.1, -0.05) is 0 Å². The second-order valence-electron chi connectivity index (χ2n) is 4.48. The van der Waals surface area contributed by atoms with Crippen molar-refractivity contribution in [2.24, 2.45) is 0 Å². The van der Waals surface area contributed by atoms with Crippen LogP contribution in [0.3, 0.4) is 0 Å². The fourth-order valence-corrected chi connectivity index (χ4v) is 2.52. The number of hydrogen-bond donors (Lipinski definition) is 1. The number of aromatic carboxylic acids is 1. The zero-order valence-corrected chi connectivity index (χ0v) is 12.4. The first-order valence-electron chi connectivity index (χ1n) is 6.01. The lowest BCUT2D eigenvalue weighted by Gasteiger charge is -2.08. The second kappa shape index (κ2) is 5.77. The van der Waals surface area contributed by atoms with Crippen molar-refractivity contribution in [2.45, 2.75) is 30.8 Å². The Balaban J connectivity index is 2.43. The fourth-order valence-electron chi connectivity index (χ4n) is 1.66. The van der Waals surface area contributed by atoms with Gasteiger partial charge in [0, 0.05) is 11.4 Å². The largest absolute Gasteiger partial charge is 0.478 e. The summed E-state index contributed by atoms with van der Waals surface area (Å²) >= 11 is 0.733. The lowest BCUT2D eigenvalue weighted by Crippen LogP contribution is -2.02. The molecule has 0 aliphatic heterocycles. The molecule has 110 valence electrons. The van der Waals surface area contributed by atoms with Crippen LogP contribution in [0.25, 0.3) is 0 Å². The van der Waals surface area contributed by atoms with E-state index in [1.807, 2.05) is 6.92 Å². The SMILES string of the molecule is Cc1nc(Sc2c(F)cc(C(=O)O)cc2F)nc(C)c1C. The van der Waals surface area contributed by atoms with Crippen LogP contribution in [0.4, 0.5) is 8.78 Å². The van der Waals surface area contributed by atoms with E-state index in [9.17, 15) is 13.6 Å². The van der Waals surface area contributed by atoms with Gasteiger partial charge >= 0.3 is 5.97 Å². The van der Waals surface area contributed by atoms with Gasteiger partial charge in [-0.2, -0.15) is 0 Å². The van der Waals surface area contributed by atoms with Gasteiger partial charge in [-0.05, 0) is 50.2 Å². The van der Waals surface area contributed by atoms with E-state index < -0.39 is 23.2 Å². The van der Waals surface area contributed by atoms with Crippen LogP contribution in [0.15, 0.2) is 22.2 Å². The molecule has 0 amide bonds. The average Bonchev–Trinajstić information content (AvgIpc) is 2.39. The van der Waals surface area contributed by atoms with E-state index in [-0.39, 0.29) is 10.1 Å². The molecule has 4 nitrogen and oxygen atoms in total. The molecule has 1 heterocycles. The molecule has 0 fully saturated rings. The monoisotopic (exact) mass is 310 g/mol. The zero-order valence-electron chi connectivity index (χ0n) is 11.6. The quantitative estimate of drug-likeness (QED) is 0.879. The van der Waals surface area contributed by atoms with E-state index in [1.54, 1.807) is 13.8 Å². The van der Waals surface area contributed by atoms with Crippen LogP contribution in [0.2, 0.25) is 0 Å². The molecule has 0 unspecified atom stereocenters. The van der Waals surface area contributed by atoms with Crippen LogP contribution in [0.1, 0.15) is 27.3 Å². The van der Waals surface area contributed by atoms with Crippen molar-refractivity contribution in [3.8, 4) is 0 Å². The number of aryl methyl sites for hydroxylation is 2. The van der Waals surface area contributed by atoms with Gasteiger partial charge in [0.15, 0.2) is 5.16 Å². The molecular weight excluding hydrogens is 298 g/mol. The van der Waals surface area contributed by atoms with Gasteiger partial charge in [-0.25, -0.2) is 23.5 Å². The van der Waals surface area contributed by atoms with Crippen LogP contribution in [0, 0.1) is 32.4 Å². The number of benzene rings is 1. The lowest BCUT2D eigenvalue weighted by molar-refractivity contribution is 0.0695. The summed E-state index contributed by atoms with van der Waals surface area (Å²) in [5.41, 5.74) is 1.94. The van der Waals surface area contributed by atoms with Crippen LogP contribution >= 0.6 is 11.8 Å². The number of carbonyl (C=O) groups is 1. The van der Waals surface area contributed by atoms with Crippen molar-refractivity contribution < 1.29 is 18.7 Å². The Morgan fingerprint density at radius 2 is 1.57 bits per heavy atom. The summed E-state index contributed by atoms with van der Waals surface area (Å²) < 4.78 is 27.7. The highest BCUT2D eigenvalue weighted by Gasteiger charge is 2.17. The number of carboxylic acids is 1. The Morgan fingerprint density at radius 1 is 1.10 bits per heavy atom. The number of rotatable bonds is 3. The van der Waals surface area contributed by atoms with Crippen LogP contribution < -0.4 is 0 Å². The van der Waals surface area contributed by atoms with E-state index in [4.69, 9.17) is 5.11 Å². The smallest absolute Gasteiger partial charge is 0.335 e. The summed E-state index contributed by atoms with van der Waals surface area (Å²) in [7, 11) is 0. The van der Waals surface area contributed by atoms with Gasteiger partial charge in [0.05, 0.1) is 10.5 Å². The molecule has 0 radical (unpaired) electrons. The van der Waals surface area contributed by atoms with E-state index in [0.29, 0.717) is 0 Å². The van der Waals surface area contributed by atoms with E-state index >= 15 is 0 Å². The molecule has 1 aromatic carbocycles. The van der Waals surface area contributed by atoms with Crippen LogP contribution in [-0.4, -0.2) is 21.0 Å². The van der Waals surface area contributed by atoms with Crippen molar-refractivity contribution in [3.05, 3.63) is 46.3 Å². The van der Waals surface area contributed by atoms with Crippen molar-refractivity contribution in [3.63, 3.8) is 0 Å². The van der Waals surface area contributed by atoms with Gasteiger partial charge < -0.3 is 5.11 Å². The molecule has 0 saturated carbocycles. The second-order valence-corrected chi connectivity index (χ2v) is 5.46. The molecule has 0 aliphatic rings. The highest BCUT2D eigenvalue weighted by Crippen LogP contribution is 2.31. The molecule has 21 heavy (non-hydrogen) atoms. The lowest BCUT2D eigenvalue weighted by atomic mass is 10.2. The molecule has 0 saturated heterocycles. The molecule has 0 bridgehead atoms. The maximum absolute atomic E-state index is 13.9. The molecule has 1 N–H and O–H groups in total. The Kier molecular flexibility index (Phi) is 4.22. The predicted octanol–water partition coefficient (Wildman–Crippen LogP) is 3.53. The number of hydrogen-bond acceptors (Lipinski definition) is 4. The van der Waals surface area contributed by atoms with Gasteiger partial charge in [0.1, 0.15) is 11.6 Å². The average molecular weight is 310 g/mol. The van der Waals surface area contributed by atoms with Gasteiger partial charge in [0.25, 0.3) is 0 Å². The Bertz CT molecular complexity index is 689. The van der Waals surface area contributed by atoms with Crippen molar-refractivity contribution in [2.75, 3.05) is 0 Å². The third-order valence-corrected chi connectivity index (χ3v) is 4.01.